The summed E-state index contributed by atoms with van der Waals surface area (Å²) in [7, 11) is 0. The SMILES string of the molecule is N#Cc1ccccc1C[NH+]1CCC(C(N)=O)CC1. The molecule has 3 N–H and O–H groups in total. The van der Waals surface area contributed by atoms with Gasteiger partial charge in [0.2, 0.25) is 5.91 Å². The highest BCUT2D eigenvalue weighted by Crippen LogP contribution is 2.10. The van der Waals surface area contributed by atoms with Gasteiger partial charge in [-0.25, -0.2) is 0 Å². The summed E-state index contributed by atoms with van der Waals surface area (Å²) in [6.45, 7) is 2.76. The first-order valence-electron chi connectivity index (χ1n) is 6.31. The molecule has 94 valence electrons. The molecule has 1 amide bonds. The Kier molecular flexibility index (Phi) is 3.96. The molecule has 0 saturated carbocycles. The third kappa shape index (κ3) is 2.88. The number of amides is 1. The second-order valence-electron chi connectivity index (χ2n) is 4.87. The van der Waals surface area contributed by atoms with E-state index in [4.69, 9.17) is 11.0 Å². The number of hydrogen-bond acceptors (Lipinski definition) is 2. The number of nitriles is 1. The molecule has 1 heterocycles. The topological polar surface area (TPSA) is 71.3 Å². The van der Waals surface area contributed by atoms with Crippen LogP contribution in [-0.4, -0.2) is 19.0 Å². The van der Waals surface area contributed by atoms with Crippen molar-refractivity contribution in [2.45, 2.75) is 19.4 Å². The summed E-state index contributed by atoms with van der Waals surface area (Å²) in [5.74, 6) is -0.133. The predicted octanol–water partition coefficient (Wildman–Crippen LogP) is -0.162. The molecule has 0 aliphatic carbocycles. The van der Waals surface area contributed by atoms with E-state index in [1.54, 1.807) is 0 Å². The number of hydrogen-bond donors (Lipinski definition) is 2. The van der Waals surface area contributed by atoms with Crippen LogP contribution in [-0.2, 0) is 11.3 Å². The number of likely N-dealkylation sites (tertiary alicyclic amines) is 1. The minimum Gasteiger partial charge on any atom is -0.369 e. The van der Waals surface area contributed by atoms with Crippen LogP contribution in [0.1, 0.15) is 24.0 Å². The van der Waals surface area contributed by atoms with E-state index in [9.17, 15) is 4.79 Å². The first kappa shape index (κ1) is 12.6. The summed E-state index contributed by atoms with van der Waals surface area (Å²) >= 11 is 0. The summed E-state index contributed by atoms with van der Waals surface area (Å²) in [5, 5.41) is 9.04. The predicted molar refractivity (Wildman–Crippen MR) is 67.5 cm³/mol. The van der Waals surface area contributed by atoms with Crippen LogP contribution in [0.2, 0.25) is 0 Å². The standard InChI is InChI=1S/C14H17N3O/c15-9-12-3-1-2-4-13(12)10-17-7-5-11(6-8-17)14(16)18/h1-4,11H,5-8,10H2,(H2,16,18)/p+1. The van der Waals surface area contributed by atoms with Crippen molar-refractivity contribution in [1.82, 2.24) is 0 Å². The molecule has 1 aromatic rings. The van der Waals surface area contributed by atoms with Gasteiger partial charge < -0.3 is 10.6 Å². The van der Waals surface area contributed by atoms with Gasteiger partial charge in [-0.1, -0.05) is 18.2 Å². The van der Waals surface area contributed by atoms with E-state index < -0.39 is 0 Å². The highest BCUT2D eigenvalue weighted by atomic mass is 16.1. The molecule has 18 heavy (non-hydrogen) atoms. The lowest BCUT2D eigenvalue weighted by molar-refractivity contribution is -0.919. The van der Waals surface area contributed by atoms with Crippen molar-refractivity contribution in [3.63, 3.8) is 0 Å². The van der Waals surface area contributed by atoms with Gasteiger partial charge in [-0.15, -0.1) is 0 Å². The van der Waals surface area contributed by atoms with Crippen molar-refractivity contribution in [1.29, 1.82) is 5.26 Å². The number of nitrogens with one attached hydrogen (secondary N) is 1. The van der Waals surface area contributed by atoms with Gasteiger partial charge >= 0.3 is 0 Å². The molecular weight excluding hydrogens is 226 g/mol. The number of primary amides is 1. The van der Waals surface area contributed by atoms with Crippen LogP contribution < -0.4 is 10.6 Å². The molecule has 0 bridgehead atoms. The zero-order valence-corrected chi connectivity index (χ0v) is 10.4. The van der Waals surface area contributed by atoms with Gasteiger partial charge in [0, 0.05) is 24.3 Å². The Hall–Kier alpha value is -1.86. The normalized spacial score (nSPS) is 23.3. The van der Waals surface area contributed by atoms with Gasteiger partial charge in [0.25, 0.3) is 0 Å². The fourth-order valence-corrected chi connectivity index (χ4v) is 2.54. The molecule has 2 rings (SSSR count). The van der Waals surface area contributed by atoms with Crippen LogP contribution in [0.15, 0.2) is 24.3 Å². The first-order chi connectivity index (χ1) is 8.70. The maximum Gasteiger partial charge on any atom is 0.220 e. The number of nitrogens with two attached hydrogens (primary N) is 1. The van der Waals surface area contributed by atoms with E-state index in [1.165, 1.54) is 4.90 Å². The number of carbonyl (C=O) groups excluding carboxylic acids is 1. The van der Waals surface area contributed by atoms with Crippen molar-refractivity contribution in [3.05, 3.63) is 35.4 Å². The zero-order valence-electron chi connectivity index (χ0n) is 10.4. The van der Waals surface area contributed by atoms with Gasteiger partial charge in [-0.2, -0.15) is 5.26 Å². The van der Waals surface area contributed by atoms with Crippen LogP contribution in [0.25, 0.3) is 0 Å². The number of carbonyl (C=O) groups is 1. The van der Waals surface area contributed by atoms with E-state index >= 15 is 0 Å². The minimum atomic E-state index is -0.175. The second kappa shape index (κ2) is 5.65. The molecule has 4 heteroatoms. The summed E-state index contributed by atoms with van der Waals surface area (Å²) in [5.41, 5.74) is 7.16. The Morgan fingerprint density at radius 2 is 2.06 bits per heavy atom. The fraction of sp³-hybridized carbons (Fsp3) is 0.429. The Bertz CT molecular complexity index is 470. The third-order valence-electron chi connectivity index (χ3n) is 3.67. The quantitative estimate of drug-likeness (QED) is 0.775. The van der Waals surface area contributed by atoms with Crippen LogP contribution in [0.5, 0.6) is 0 Å². The summed E-state index contributed by atoms with van der Waals surface area (Å²) in [4.78, 5) is 12.5. The lowest BCUT2D eigenvalue weighted by Crippen LogP contribution is -3.11. The molecule has 4 nitrogen and oxygen atoms in total. The monoisotopic (exact) mass is 244 g/mol. The maximum absolute atomic E-state index is 11.1. The van der Waals surface area contributed by atoms with Gasteiger partial charge in [-0.05, 0) is 6.07 Å². The van der Waals surface area contributed by atoms with E-state index in [1.807, 2.05) is 24.3 Å². The van der Waals surface area contributed by atoms with Crippen molar-refractivity contribution in [2.24, 2.45) is 11.7 Å². The van der Waals surface area contributed by atoms with Gasteiger partial charge in [0.1, 0.15) is 6.54 Å². The molecular formula is C14H18N3O+. The average Bonchev–Trinajstić information content (AvgIpc) is 2.40. The van der Waals surface area contributed by atoms with E-state index in [-0.39, 0.29) is 11.8 Å². The first-order valence-corrected chi connectivity index (χ1v) is 6.31. The van der Waals surface area contributed by atoms with E-state index in [0.29, 0.717) is 0 Å². The Morgan fingerprint density at radius 3 is 2.67 bits per heavy atom. The number of benzene rings is 1. The lowest BCUT2D eigenvalue weighted by Gasteiger charge is -2.27. The highest BCUT2D eigenvalue weighted by molar-refractivity contribution is 5.76. The summed E-state index contributed by atoms with van der Waals surface area (Å²) in [6.07, 6.45) is 1.72. The lowest BCUT2D eigenvalue weighted by atomic mass is 9.95. The molecule has 0 unspecified atom stereocenters. The Morgan fingerprint density at radius 1 is 1.39 bits per heavy atom. The third-order valence-corrected chi connectivity index (χ3v) is 3.67. The Balaban J connectivity index is 1.96. The number of rotatable bonds is 3. The molecule has 1 aliphatic heterocycles. The molecule has 0 aromatic heterocycles. The van der Waals surface area contributed by atoms with Gasteiger partial charge in [0.15, 0.2) is 0 Å². The van der Waals surface area contributed by atoms with Crippen molar-refractivity contribution >= 4 is 5.91 Å². The average molecular weight is 244 g/mol. The fourth-order valence-electron chi connectivity index (χ4n) is 2.54. The largest absolute Gasteiger partial charge is 0.369 e. The van der Waals surface area contributed by atoms with Crippen molar-refractivity contribution in [2.75, 3.05) is 13.1 Å². The number of quaternary nitrogens is 1. The molecule has 0 spiro atoms. The van der Waals surface area contributed by atoms with E-state index in [0.717, 1.165) is 43.6 Å². The van der Waals surface area contributed by atoms with Crippen LogP contribution in [0.4, 0.5) is 0 Å². The second-order valence-corrected chi connectivity index (χ2v) is 4.87. The van der Waals surface area contributed by atoms with Crippen molar-refractivity contribution in [3.8, 4) is 6.07 Å². The molecule has 1 aromatic carbocycles. The van der Waals surface area contributed by atoms with Gasteiger partial charge in [0.05, 0.1) is 24.7 Å². The zero-order chi connectivity index (χ0) is 13.0. The van der Waals surface area contributed by atoms with Crippen LogP contribution >= 0.6 is 0 Å². The minimum absolute atomic E-state index is 0.0416. The molecule has 1 saturated heterocycles. The number of nitrogens with zero attached hydrogens (tertiary/aromatic N) is 1. The molecule has 1 fully saturated rings. The molecule has 0 radical (unpaired) electrons. The maximum atomic E-state index is 11.1. The number of piperidine rings is 1. The summed E-state index contributed by atoms with van der Waals surface area (Å²) in [6, 6.07) is 9.93. The molecule has 1 aliphatic rings. The molecule has 0 atom stereocenters. The summed E-state index contributed by atoms with van der Waals surface area (Å²) < 4.78 is 0. The van der Waals surface area contributed by atoms with E-state index in [2.05, 4.69) is 6.07 Å². The Labute approximate surface area is 107 Å². The van der Waals surface area contributed by atoms with Crippen LogP contribution in [0, 0.1) is 17.2 Å². The highest BCUT2D eigenvalue weighted by Gasteiger charge is 2.26. The van der Waals surface area contributed by atoms with Crippen LogP contribution in [0.3, 0.4) is 0 Å². The smallest absolute Gasteiger partial charge is 0.220 e. The van der Waals surface area contributed by atoms with Gasteiger partial charge in [-0.3, -0.25) is 4.79 Å². The van der Waals surface area contributed by atoms with Crippen molar-refractivity contribution < 1.29 is 9.69 Å².